The molecule has 2 heterocycles. The molecule has 0 spiro atoms. The Morgan fingerprint density at radius 2 is 1.78 bits per heavy atom. The van der Waals surface area contributed by atoms with Crippen molar-refractivity contribution in [3.8, 4) is 11.1 Å². The molecule has 0 aliphatic heterocycles. The lowest BCUT2D eigenvalue weighted by molar-refractivity contribution is 0.380. The summed E-state index contributed by atoms with van der Waals surface area (Å²) in [5, 5.41) is 6.85. The van der Waals surface area contributed by atoms with Gasteiger partial charge in [-0.1, -0.05) is 27.7 Å². The van der Waals surface area contributed by atoms with Crippen LogP contribution in [0.3, 0.4) is 0 Å². The summed E-state index contributed by atoms with van der Waals surface area (Å²) in [6, 6.07) is 4.22. The zero-order valence-corrected chi connectivity index (χ0v) is 11.5. The number of hydrogen-bond donors (Lipinski definition) is 1. The Hall–Kier alpha value is -1.64. The third-order valence-corrected chi connectivity index (χ3v) is 3.39. The normalized spacial score (nSPS) is 11.7. The van der Waals surface area contributed by atoms with Crippen LogP contribution >= 0.6 is 0 Å². The predicted molar refractivity (Wildman–Crippen MR) is 74.2 cm³/mol. The summed E-state index contributed by atoms with van der Waals surface area (Å²) in [5.41, 5.74) is 3.48. The highest BCUT2D eigenvalue weighted by molar-refractivity contribution is 5.61. The van der Waals surface area contributed by atoms with Crippen LogP contribution in [0.2, 0.25) is 0 Å². The van der Waals surface area contributed by atoms with E-state index in [-0.39, 0.29) is 0 Å². The van der Waals surface area contributed by atoms with Crippen LogP contribution in [-0.4, -0.2) is 15.2 Å². The number of nitrogens with one attached hydrogen (secondary N) is 1. The molecule has 0 bridgehead atoms. The van der Waals surface area contributed by atoms with Gasteiger partial charge in [-0.25, -0.2) is 0 Å². The fourth-order valence-corrected chi connectivity index (χ4v) is 2.67. The molecule has 1 N–H and O–H groups in total. The summed E-state index contributed by atoms with van der Waals surface area (Å²) < 4.78 is 0. The maximum absolute atomic E-state index is 4.56. The first-order chi connectivity index (χ1) is 8.59. The number of nitrogens with zero attached hydrogens (tertiary/aromatic N) is 2. The molecule has 0 unspecified atom stereocenters. The number of aromatic nitrogens is 3. The largest absolute Gasteiger partial charge is 0.285 e. The third kappa shape index (κ3) is 2.61. The van der Waals surface area contributed by atoms with Gasteiger partial charge in [-0.3, -0.25) is 10.1 Å². The fraction of sp³-hybridized carbons (Fsp3) is 0.467. The Morgan fingerprint density at radius 3 is 2.33 bits per heavy atom. The van der Waals surface area contributed by atoms with Crippen molar-refractivity contribution in [3.63, 3.8) is 0 Å². The van der Waals surface area contributed by atoms with Crippen molar-refractivity contribution in [3.05, 3.63) is 36.4 Å². The van der Waals surface area contributed by atoms with Gasteiger partial charge in [0.2, 0.25) is 0 Å². The molecular formula is C15H21N3. The van der Waals surface area contributed by atoms with Crippen molar-refractivity contribution >= 4 is 0 Å². The SMILES string of the molecule is CC(C)C(c1cc(-c2cn[nH]c2)ccn1)C(C)C. The second kappa shape index (κ2) is 5.34. The lowest BCUT2D eigenvalue weighted by Gasteiger charge is -2.24. The van der Waals surface area contributed by atoms with Crippen LogP contribution < -0.4 is 0 Å². The third-order valence-electron chi connectivity index (χ3n) is 3.39. The quantitative estimate of drug-likeness (QED) is 0.885. The summed E-state index contributed by atoms with van der Waals surface area (Å²) >= 11 is 0. The minimum atomic E-state index is 0.497. The van der Waals surface area contributed by atoms with E-state index in [4.69, 9.17) is 0 Å². The van der Waals surface area contributed by atoms with E-state index in [2.05, 4.69) is 48.9 Å². The Bertz CT molecular complexity index is 478. The smallest absolute Gasteiger partial charge is 0.0565 e. The molecule has 0 aliphatic rings. The minimum Gasteiger partial charge on any atom is -0.285 e. The summed E-state index contributed by atoms with van der Waals surface area (Å²) in [7, 11) is 0. The van der Waals surface area contributed by atoms with Crippen LogP contribution in [0.15, 0.2) is 30.7 Å². The van der Waals surface area contributed by atoms with Crippen molar-refractivity contribution < 1.29 is 0 Å². The van der Waals surface area contributed by atoms with E-state index in [9.17, 15) is 0 Å². The highest BCUT2D eigenvalue weighted by Crippen LogP contribution is 2.32. The topological polar surface area (TPSA) is 41.6 Å². The number of hydrogen-bond acceptors (Lipinski definition) is 2. The minimum absolute atomic E-state index is 0.497. The summed E-state index contributed by atoms with van der Waals surface area (Å²) in [5.74, 6) is 1.69. The first-order valence-electron chi connectivity index (χ1n) is 6.54. The van der Waals surface area contributed by atoms with Gasteiger partial charge in [0.25, 0.3) is 0 Å². The van der Waals surface area contributed by atoms with Gasteiger partial charge in [0.05, 0.1) is 6.20 Å². The first kappa shape index (κ1) is 12.8. The van der Waals surface area contributed by atoms with Gasteiger partial charge in [0.15, 0.2) is 0 Å². The molecule has 2 aromatic rings. The lowest BCUT2D eigenvalue weighted by Crippen LogP contribution is -2.14. The van der Waals surface area contributed by atoms with Crippen LogP contribution in [-0.2, 0) is 0 Å². The maximum Gasteiger partial charge on any atom is 0.0565 e. The molecule has 0 saturated carbocycles. The van der Waals surface area contributed by atoms with E-state index in [1.165, 1.54) is 11.3 Å². The average Bonchev–Trinajstić information content (AvgIpc) is 2.81. The molecule has 0 aliphatic carbocycles. The van der Waals surface area contributed by atoms with Crippen molar-refractivity contribution in [2.45, 2.75) is 33.6 Å². The van der Waals surface area contributed by atoms with Gasteiger partial charge in [0.1, 0.15) is 0 Å². The maximum atomic E-state index is 4.56. The monoisotopic (exact) mass is 243 g/mol. The van der Waals surface area contributed by atoms with E-state index < -0.39 is 0 Å². The molecule has 0 amide bonds. The standard InChI is InChI=1S/C15H21N3/c1-10(2)15(11(3)4)14-7-12(5-6-16-14)13-8-17-18-9-13/h5-11,15H,1-4H3,(H,17,18). The van der Waals surface area contributed by atoms with Gasteiger partial charge < -0.3 is 0 Å². The van der Waals surface area contributed by atoms with Crippen molar-refractivity contribution in [1.82, 2.24) is 15.2 Å². The highest BCUT2D eigenvalue weighted by atomic mass is 15.1. The molecule has 0 atom stereocenters. The first-order valence-corrected chi connectivity index (χ1v) is 6.54. The molecule has 0 aromatic carbocycles. The van der Waals surface area contributed by atoms with Crippen molar-refractivity contribution in [1.29, 1.82) is 0 Å². The van der Waals surface area contributed by atoms with Crippen LogP contribution in [0, 0.1) is 11.8 Å². The van der Waals surface area contributed by atoms with E-state index in [0.717, 1.165) is 5.56 Å². The molecule has 3 nitrogen and oxygen atoms in total. The van der Waals surface area contributed by atoms with Crippen LogP contribution in [0.4, 0.5) is 0 Å². The number of aromatic amines is 1. The van der Waals surface area contributed by atoms with Gasteiger partial charge in [-0.15, -0.1) is 0 Å². The summed E-state index contributed by atoms with van der Waals surface area (Å²) in [4.78, 5) is 4.56. The molecule has 0 radical (unpaired) electrons. The number of H-pyrrole nitrogens is 1. The number of pyridine rings is 1. The molecule has 18 heavy (non-hydrogen) atoms. The second-order valence-electron chi connectivity index (χ2n) is 5.47. The van der Waals surface area contributed by atoms with Crippen LogP contribution in [0.1, 0.15) is 39.3 Å². The van der Waals surface area contributed by atoms with Gasteiger partial charge in [-0.2, -0.15) is 5.10 Å². The van der Waals surface area contributed by atoms with Crippen LogP contribution in [0.25, 0.3) is 11.1 Å². The van der Waals surface area contributed by atoms with Crippen molar-refractivity contribution in [2.24, 2.45) is 11.8 Å². The summed E-state index contributed by atoms with van der Waals surface area (Å²) in [6.07, 6.45) is 5.66. The van der Waals surface area contributed by atoms with E-state index in [1.807, 2.05) is 24.7 Å². The Morgan fingerprint density at radius 1 is 1.06 bits per heavy atom. The van der Waals surface area contributed by atoms with E-state index >= 15 is 0 Å². The zero-order chi connectivity index (χ0) is 13.1. The Balaban J connectivity index is 2.37. The van der Waals surface area contributed by atoms with Gasteiger partial charge in [-0.05, 0) is 29.5 Å². The number of rotatable bonds is 4. The zero-order valence-electron chi connectivity index (χ0n) is 11.5. The van der Waals surface area contributed by atoms with Gasteiger partial charge >= 0.3 is 0 Å². The highest BCUT2D eigenvalue weighted by Gasteiger charge is 2.21. The van der Waals surface area contributed by atoms with E-state index in [0.29, 0.717) is 17.8 Å². The average molecular weight is 243 g/mol. The Kier molecular flexibility index (Phi) is 3.80. The van der Waals surface area contributed by atoms with Gasteiger partial charge in [0, 0.05) is 29.6 Å². The molecule has 3 heteroatoms. The molecule has 96 valence electrons. The molecule has 2 rings (SSSR count). The molecule has 0 saturated heterocycles. The summed E-state index contributed by atoms with van der Waals surface area (Å²) in [6.45, 7) is 9.04. The van der Waals surface area contributed by atoms with Crippen molar-refractivity contribution in [2.75, 3.05) is 0 Å². The second-order valence-corrected chi connectivity index (χ2v) is 5.47. The fourth-order valence-electron chi connectivity index (χ4n) is 2.67. The Labute approximate surface area is 109 Å². The lowest BCUT2D eigenvalue weighted by atomic mass is 9.82. The molecular weight excluding hydrogens is 222 g/mol. The van der Waals surface area contributed by atoms with Crippen LogP contribution in [0.5, 0.6) is 0 Å². The predicted octanol–water partition coefficient (Wildman–Crippen LogP) is 3.87. The molecule has 2 aromatic heterocycles. The van der Waals surface area contributed by atoms with E-state index in [1.54, 1.807) is 0 Å². The molecule has 0 fully saturated rings.